The number of methoxy groups -OCH3 is 2. The summed E-state index contributed by atoms with van der Waals surface area (Å²) < 4.78 is 66.7. The van der Waals surface area contributed by atoms with E-state index in [4.69, 9.17) is 9.47 Å². The Morgan fingerprint density at radius 3 is 2.22 bits per heavy atom. The first-order valence-corrected chi connectivity index (χ1v) is 14.6. The van der Waals surface area contributed by atoms with E-state index in [1.165, 1.54) is 36.9 Å². The lowest BCUT2D eigenvalue weighted by Gasteiger charge is -2.22. The number of aromatic nitrogens is 2. The molecule has 0 bridgehead atoms. The smallest absolute Gasteiger partial charge is 0.243 e. The first-order valence-electron chi connectivity index (χ1n) is 11.6. The highest BCUT2D eigenvalue weighted by molar-refractivity contribution is 7.90. The molecule has 0 atom stereocenters. The number of hydrogen-bond donors (Lipinski definition) is 0. The highest BCUT2D eigenvalue weighted by Gasteiger charge is 2.28. The average molecular weight is 536 g/mol. The summed E-state index contributed by atoms with van der Waals surface area (Å²) >= 11 is 0. The van der Waals surface area contributed by atoms with Crippen LogP contribution in [0, 0.1) is 5.92 Å². The second kappa shape index (κ2) is 11.4. The maximum absolute atomic E-state index is 13.4. The monoisotopic (exact) mass is 535 g/mol. The molecule has 0 amide bonds. The summed E-state index contributed by atoms with van der Waals surface area (Å²) in [7, 11) is -4.61. The van der Waals surface area contributed by atoms with Crippen LogP contribution in [0.25, 0.3) is 0 Å². The van der Waals surface area contributed by atoms with Gasteiger partial charge in [-0.2, -0.15) is 4.31 Å². The predicted molar refractivity (Wildman–Crippen MR) is 137 cm³/mol. The number of nitrogens with zero attached hydrogens (tertiary/aromatic N) is 3. The molecule has 0 spiro atoms. The number of hydrogen-bond acceptors (Lipinski definition) is 7. The number of sulfone groups is 1. The van der Waals surface area contributed by atoms with Crippen LogP contribution in [-0.2, 0) is 38.7 Å². The van der Waals surface area contributed by atoms with Gasteiger partial charge in [-0.25, -0.2) is 21.8 Å². The lowest BCUT2D eigenvalue weighted by atomic mass is 10.2. The Labute approximate surface area is 213 Å². The molecule has 0 fully saturated rings. The molecule has 0 saturated carbocycles. The van der Waals surface area contributed by atoms with E-state index in [-0.39, 0.29) is 34.8 Å². The van der Waals surface area contributed by atoms with Crippen molar-refractivity contribution in [1.29, 1.82) is 0 Å². The van der Waals surface area contributed by atoms with Crippen LogP contribution in [0.5, 0.6) is 11.5 Å². The van der Waals surface area contributed by atoms with Crippen molar-refractivity contribution in [3.8, 4) is 11.5 Å². The predicted octanol–water partition coefficient (Wildman–Crippen LogP) is 3.74. The van der Waals surface area contributed by atoms with Crippen molar-refractivity contribution in [2.24, 2.45) is 5.92 Å². The van der Waals surface area contributed by atoms with E-state index in [2.05, 4.69) is 4.98 Å². The van der Waals surface area contributed by atoms with E-state index in [0.717, 1.165) is 0 Å². The van der Waals surface area contributed by atoms with Gasteiger partial charge in [-0.05, 0) is 47.9 Å². The standard InChI is InChI=1S/C25H33N3O6S2/c1-6-27(36(31,32)24-12-10-22(33-4)11-13-24)17-21-15-26-25(28(21)16-19(2)3)35(29,30)18-20-8-7-9-23(14-20)34-5/h7-15,19H,6,16-18H2,1-5H3. The number of ether oxygens (including phenoxy) is 2. The minimum absolute atomic E-state index is 0.0146. The van der Waals surface area contributed by atoms with Gasteiger partial charge in [0.2, 0.25) is 25.0 Å². The van der Waals surface area contributed by atoms with Gasteiger partial charge in [-0.1, -0.05) is 32.9 Å². The number of imidazole rings is 1. The Hall–Kier alpha value is -2.89. The summed E-state index contributed by atoms with van der Waals surface area (Å²) in [6.45, 7) is 6.24. The van der Waals surface area contributed by atoms with Crippen molar-refractivity contribution < 1.29 is 26.3 Å². The molecule has 0 unspecified atom stereocenters. The molecular formula is C25H33N3O6S2. The van der Waals surface area contributed by atoms with Crippen LogP contribution >= 0.6 is 0 Å². The van der Waals surface area contributed by atoms with E-state index in [1.807, 2.05) is 13.8 Å². The molecule has 0 aliphatic carbocycles. The number of sulfonamides is 1. The van der Waals surface area contributed by atoms with Gasteiger partial charge < -0.3 is 14.0 Å². The third-order valence-electron chi connectivity index (χ3n) is 5.61. The van der Waals surface area contributed by atoms with Crippen molar-refractivity contribution in [3.63, 3.8) is 0 Å². The molecule has 3 aromatic rings. The molecule has 36 heavy (non-hydrogen) atoms. The molecule has 1 aromatic heterocycles. The Bertz CT molecular complexity index is 1380. The van der Waals surface area contributed by atoms with Crippen molar-refractivity contribution in [2.75, 3.05) is 20.8 Å². The van der Waals surface area contributed by atoms with E-state index >= 15 is 0 Å². The van der Waals surface area contributed by atoms with E-state index < -0.39 is 19.9 Å². The van der Waals surface area contributed by atoms with Gasteiger partial charge in [-0.15, -0.1) is 0 Å². The second-order valence-electron chi connectivity index (χ2n) is 8.75. The molecule has 0 aliphatic rings. The highest BCUT2D eigenvalue weighted by Crippen LogP contribution is 2.25. The van der Waals surface area contributed by atoms with E-state index in [9.17, 15) is 16.8 Å². The zero-order valence-corrected chi connectivity index (χ0v) is 22.8. The lowest BCUT2D eigenvalue weighted by Crippen LogP contribution is -2.31. The molecular weight excluding hydrogens is 502 g/mol. The van der Waals surface area contributed by atoms with Gasteiger partial charge in [0, 0.05) is 13.1 Å². The third kappa shape index (κ3) is 6.26. The minimum Gasteiger partial charge on any atom is -0.497 e. The fourth-order valence-corrected chi connectivity index (χ4v) is 6.73. The van der Waals surface area contributed by atoms with Crippen LogP contribution < -0.4 is 9.47 Å². The molecule has 0 saturated heterocycles. The zero-order valence-electron chi connectivity index (χ0n) is 21.2. The normalized spacial score (nSPS) is 12.3. The molecule has 0 aliphatic heterocycles. The van der Waals surface area contributed by atoms with Gasteiger partial charge in [0.05, 0.1) is 43.3 Å². The van der Waals surface area contributed by atoms with Gasteiger partial charge in [-0.3, -0.25) is 0 Å². The molecule has 0 N–H and O–H groups in total. The molecule has 11 heteroatoms. The van der Waals surface area contributed by atoms with Crippen LogP contribution in [-0.4, -0.2) is 51.5 Å². The molecule has 2 aromatic carbocycles. The van der Waals surface area contributed by atoms with Crippen molar-refractivity contribution in [2.45, 2.75) is 49.7 Å². The highest BCUT2D eigenvalue weighted by atomic mass is 32.2. The molecule has 9 nitrogen and oxygen atoms in total. The first kappa shape index (κ1) is 27.7. The van der Waals surface area contributed by atoms with Gasteiger partial charge in [0.1, 0.15) is 11.5 Å². The maximum Gasteiger partial charge on any atom is 0.243 e. The Morgan fingerprint density at radius 1 is 0.972 bits per heavy atom. The Balaban J connectivity index is 1.96. The summed E-state index contributed by atoms with van der Waals surface area (Å²) in [6.07, 6.45) is 1.45. The fraction of sp³-hybridized carbons (Fsp3) is 0.400. The summed E-state index contributed by atoms with van der Waals surface area (Å²) in [5, 5.41) is -0.0769. The van der Waals surface area contributed by atoms with E-state index in [1.54, 1.807) is 47.9 Å². The van der Waals surface area contributed by atoms with Crippen molar-refractivity contribution in [3.05, 3.63) is 66.0 Å². The molecule has 3 rings (SSSR count). The van der Waals surface area contributed by atoms with Crippen molar-refractivity contribution >= 4 is 19.9 Å². The summed E-state index contributed by atoms with van der Waals surface area (Å²) in [6, 6.07) is 13.0. The Kier molecular flexibility index (Phi) is 8.80. The third-order valence-corrected chi connectivity index (χ3v) is 9.14. The Morgan fingerprint density at radius 2 is 1.64 bits per heavy atom. The van der Waals surface area contributed by atoms with Crippen LogP contribution in [0.4, 0.5) is 0 Å². The molecule has 196 valence electrons. The summed E-state index contributed by atoms with van der Waals surface area (Å²) in [5.74, 6) is 0.978. The quantitative estimate of drug-likeness (QED) is 0.348. The average Bonchev–Trinajstić information content (AvgIpc) is 3.24. The zero-order chi connectivity index (χ0) is 26.5. The topological polar surface area (TPSA) is 108 Å². The first-order chi connectivity index (χ1) is 17.0. The van der Waals surface area contributed by atoms with Crippen LogP contribution in [0.3, 0.4) is 0 Å². The number of rotatable bonds is 12. The SMILES string of the molecule is CCN(Cc1cnc(S(=O)(=O)Cc2cccc(OC)c2)n1CC(C)C)S(=O)(=O)c1ccc(OC)cc1. The fourth-order valence-electron chi connectivity index (χ4n) is 3.82. The van der Waals surface area contributed by atoms with Gasteiger partial charge >= 0.3 is 0 Å². The van der Waals surface area contributed by atoms with Crippen molar-refractivity contribution in [1.82, 2.24) is 13.9 Å². The van der Waals surface area contributed by atoms with E-state index in [0.29, 0.717) is 29.3 Å². The van der Waals surface area contributed by atoms with Gasteiger partial charge in [0.15, 0.2) is 0 Å². The molecule has 1 heterocycles. The van der Waals surface area contributed by atoms with Gasteiger partial charge in [0.25, 0.3) is 0 Å². The number of benzene rings is 2. The van der Waals surface area contributed by atoms with Crippen LogP contribution in [0.15, 0.2) is 64.8 Å². The second-order valence-corrected chi connectivity index (χ2v) is 12.6. The lowest BCUT2D eigenvalue weighted by molar-refractivity contribution is 0.395. The maximum atomic E-state index is 13.4. The van der Waals surface area contributed by atoms with Crippen LogP contribution in [0.2, 0.25) is 0 Å². The molecule has 0 radical (unpaired) electrons. The van der Waals surface area contributed by atoms with Crippen LogP contribution in [0.1, 0.15) is 32.0 Å². The minimum atomic E-state index is -3.83. The largest absolute Gasteiger partial charge is 0.497 e. The summed E-state index contributed by atoms with van der Waals surface area (Å²) in [4.78, 5) is 4.38. The summed E-state index contributed by atoms with van der Waals surface area (Å²) in [5.41, 5.74) is 1.08.